The fourth-order valence-corrected chi connectivity index (χ4v) is 3.55. The van der Waals surface area contributed by atoms with Gasteiger partial charge in [-0.15, -0.1) is 11.3 Å². The molecule has 2 amide bonds. The van der Waals surface area contributed by atoms with Crippen LogP contribution in [-0.4, -0.2) is 41.3 Å². The Morgan fingerprint density at radius 2 is 2.42 bits per heavy atom. The van der Waals surface area contributed by atoms with E-state index in [-0.39, 0.29) is 24.7 Å². The van der Waals surface area contributed by atoms with Gasteiger partial charge in [-0.25, -0.2) is 4.79 Å². The molecule has 19 heavy (non-hydrogen) atoms. The van der Waals surface area contributed by atoms with Gasteiger partial charge in [-0.1, -0.05) is 0 Å². The average molecular weight is 282 g/mol. The van der Waals surface area contributed by atoms with Gasteiger partial charge in [0.25, 0.3) is 0 Å². The number of carbonyl (C=O) groups is 1. The van der Waals surface area contributed by atoms with Crippen LogP contribution in [0.15, 0.2) is 12.1 Å². The van der Waals surface area contributed by atoms with Crippen LogP contribution >= 0.6 is 11.3 Å². The second-order valence-electron chi connectivity index (χ2n) is 5.24. The molecule has 0 aliphatic carbocycles. The van der Waals surface area contributed by atoms with Crippen molar-refractivity contribution in [2.24, 2.45) is 0 Å². The molecule has 2 heterocycles. The zero-order chi connectivity index (χ0) is 13.8. The maximum Gasteiger partial charge on any atom is 0.317 e. The summed E-state index contributed by atoms with van der Waals surface area (Å²) < 4.78 is 0. The molecule has 0 saturated carbocycles. The number of hydrogen-bond donors (Lipinski definition) is 2. The van der Waals surface area contributed by atoms with Crippen LogP contribution in [0.5, 0.6) is 0 Å². The van der Waals surface area contributed by atoms with Crippen molar-refractivity contribution in [3.8, 4) is 0 Å². The first-order valence-corrected chi connectivity index (χ1v) is 7.65. The van der Waals surface area contributed by atoms with Crippen LogP contribution in [0, 0.1) is 6.92 Å². The molecule has 1 fully saturated rings. The summed E-state index contributed by atoms with van der Waals surface area (Å²) in [6.07, 6.45) is 2.75. The van der Waals surface area contributed by atoms with E-state index in [0.29, 0.717) is 0 Å². The number of aryl methyl sites for hydroxylation is 1. The van der Waals surface area contributed by atoms with E-state index in [1.54, 1.807) is 16.2 Å². The molecule has 0 spiro atoms. The number of thiophene rings is 1. The molecular weight excluding hydrogens is 260 g/mol. The van der Waals surface area contributed by atoms with Crippen molar-refractivity contribution in [3.63, 3.8) is 0 Å². The van der Waals surface area contributed by atoms with Gasteiger partial charge in [-0.3, -0.25) is 0 Å². The molecule has 2 unspecified atom stereocenters. The number of hydrogen-bond acceptors (Lipinski definition) is 3. The Hall–Kier alpha value is -1.07. The Labute approximate surface area is 118 Å². The summed E-state index contributed by atoms with van der Waals surface area (Å²) in [5.41, 5.74) is 0. The summed E-state index contributed by atoms with van der Waals surface area (Å²) in [6.45, 7) is 4.93. The molecule has 0 radical (unpaired) electrons. The quantitative estimate of drug-likeness (QED) is 0.889. The maximum absolute atomic E-state index is 12.1. The molecule has 1 saturated heterocycles. The standard InChI is InChI=1S/C14H22N2O2S/c1-10(8-13-6-5-11(2)19-13)15-14(18)16-7-3-4-12(16)9-17/h5-6,10,12,17H,3-4,7-9H2,1-2H3,(H,15,18). The molecular formula is C14H22N2O2S. The molecule has 1 aromatic heterocycles. The molecule has 2 rings (SSSR count). The van der Waals surface area contributed by atoms with Gasteiger partial charge < -0.3 is 15.3 Å². The Balaban J connectivity index is 1.84. The number of urea groups is 1. The van der Waals surface area contributed by atoms with Gasteiger partial charge in [0.05, 0.1) is 12.6 Å². The Kier molecular flexibility index (Phi) is 4.82. The largest absolute Gasteiger partial charge is 0.394 e. The first-order chi connectivity index (χ1) is 9.10. The van der Waals surface area contributed by atoms with Gasteiger partial charge in [0.15, 0.2) is 0 Å². The molecule has 1 aliphatic heterocycles. The normalized spacial score (nSPS) is 20.6. The minimum absolute atomic E-state index is 0.00353. The molecule has 1 aliphatic rings. The lowest BCUT2D eigenvalue weighted by atomic mass is 10.2. The van der Waals surface area contributed by atoms with Crippen LogP contribution < -0.4 is 5.32 Å². The lowest BCUT2D eigenvalue weighted by Gasteiger charge is -2.25. The van der Waals surface area contributed by atoms with E-state index in [9.17, 15) is 9.90 Å². The summed E-state index contributed by atoms with van der Waals surface area (Å²) in [5.74, 6) is 0. The highest BCUT2D eigenvalue weighted by Gasteiger charge is 2.28. The van der Waals surface area contributed by atoms with E-state index >= 15 is 0 Å². The Morgan fingerprint density at radius 1 is 1.63 bits per heavy atom. The first kappa shape index (κ1) is 14.3. The van der Waals surface area contributed by atoms with E-state index in [4.69, 9.17) is 0 Å². The predicted molar refractivity (Wildman–Crippen MR) is 77.6 cm³/mol. The van der Waals surface area contributed by atoms with Crippen LogP contribution in [0.1, 0.15) is 29.5 Å². The second-order valence-corrected chi connectivity index (χ2v) is 6.61. The number of rotatable bonds is 4. The SMILES string of the molecule is Cc1ccc(CC(C)NC(=O)N2CCCC2CO)s1. The van der Waals surface area contributed by atoms with Crippen molar-refractivity contribution in [1.82, 2.24) is 10.2 Å². The van der Waals surface area contributed by atoms with E-state index in [1.165, 1.54) is 9.75 Å². The average Bonchev–Trinajstić information content (AvgIpc) is 2.97. The van der Waals surface area contributed by atoms with Gasteiger partial charge in [0.1, 0.15) is 0 Å². The maximum atomic E-state index is 12.1. The lowest BCUT2D eigenvalue weighted by molar-refractivity contribution is 0.155. The van der Waals surface area contributed by atoms with E-state index in [2.05, 4.69) is 24.4 Å². The zero-order valence-electron chi connectivity index (χ0n) is 11.6. The van der Waals surface area contributed by atoms with Crippen molar-refractivity contribution < 1.29 is 9.90 Å². The number of nitrogens with zero attached hydrogens (tertiary/aromatic N) is 1. The number of amides is 2. The number of carbonyl (C=O) groups excluding carboxylic acids is 1. The van der Waals surface area contributed by atoms with Gasteiger partial charge in [0, 0.05) is 28.8 Å². The van der Waals surface area contributed by atoms with Crippen molar-refractivity contribution in [1.29, 1.82) is 0 Å². The monoisotopic (exact) mass is 282 g/mol. The molecule has 0 bridgehead atoms. The molecule has 2 N–H and O–H groups in total. The van der Waals surface area contributed by atoms with Gasteiger partial charge >= 0.3 is 6.03 Å². The van der Waals surface area contributed by atoms with Crippen molar-refractivity contribution >= 4 is 17.4 Å². The summed E-state index contributed by atoms with van der Waals surface area (Å²) in [6, 6.07) is 4.30. The van der Waals surface area contributed by atoms with Crippen LogP contribution in [0.2, 0.25) is 0 Å². The molecule has 4 nitrogen and oxygen atoms in total. The summed E-state index contributed by atoms with van der Waals surface area (Å²) >= 11 is 1.78. The molecule has 2 atom stereocenters. The van der Waals surface area contributed by atoms with Crippen LogP contribution in [0.4, 0.5) is 4.79 Å². The lowest BCUT2D eigenvalue weighted by Crippen LogP contribution is -2.47. The third-order valence-electron chi connectivity index (χ3n) is 3.52. The van der Waals surface area contributed by atoms with Crippen molar-refractivity contribution in [2.75, 3.05) is 13.2 Å². The van der Waals surface area contributed by atoms with Crippen molar-refractivity contribution in [3.05, 3.63) is 21.9 Å². The Morgan fingerprint density at radius 3 is 3.05 bits per heavy atom. The highest BCUT2D eigenvalue weighted by Crippen LogP contribution is 2.18. The second kappa shape index (κ2) is 6.39. The van der Waals surface area contributed by atoms with E-state index in [0.717, 1.165) is 25.8 Å². The minimum Gasteiger partial charge on any atom is -0.394 e. The number of nitrogens with one attached hydrogen (secondary N) is 1. The third-order valence-corrected chi connectivity index (χ3v) is 4.55. The number of aliphatic hydroxyl groups is 1. The zero-order valence-corrected chi connectivity index (χ0v) is 12.4. The minimum atomic E-state index is -0.0441. The van der Waals surface area contributed by atoms with E-state index < -0.39 is 0 Å². The van der Waals surface area contributed by atoms with Gasteiger partial charge in [-0.2, -0.15) is 0 Å². The highest BCUT2D eigenvalue weighted by atomic mass is 32.1. The van der Waals surface area contributed by atoms with Crippen LogP contribution in [-0.2, 0) is 6.42 Å². The molecule has 5 heteroatoms. The summed E-state index contributed by atoms with van der Waals surface area (Å²) in [5, 5.41) is 12.3. The van der Waals surface area contributed by atoms with Crippen LogP contribution in [0.3, 0.4) is 0 Å². The van der Waals surface area contributed by atoms with Crippen LogP contribution in [0.25, 0.3) is 0 Å². The smallest absolute Gasteiger partial charge is 0.317 e. The summed E-state index contributed by atoms with van der Waals surface area (Å²) in [4.78, 5) is 16.5. The fourth-order valence-electron chi connectivity index (χ4n) is 2.53. The Bertz CT molecular complexity index is 433. The van der Waals surface area contributed by atoms with Gasteiger partial charge in [0.2, 0.25) is 0 Å². The van der Waals surface area contributed by atoms with E-state index in [1.807, 2.05) is 6.92 Å². The molecule has 0 aromatic carbocycles. The van der Waals surface area contributed by atoms with Crippen molar-refractivity contribution in [2.45, 2.75) is 45.2 Å². The topological polar surface area (TPSA) is 52.6 Å². The first-order valence-electron chi connectivity index (χ1n) is 6.83. The molecule has 106 valence electrons. The highest BCUT2D eigenvalue weighted by molar-refractivity contribution is 7.11. The molecule has 1 aromatic rings. The predicted octanol–water partition coefficient (Wildman–Crippen LogP) is 2.15. The summed E-state index contributed by atoms with van der Waals surface area (Å²) in [7, 11) is 0. The number of aliphatic hydroxyl groups excluding tert-OH is 1. The van der Waals surface area contributed by atoms with Gasteiger partial charge in [-0.05, 0) is 38.8 Å². The number of likely N-dealkylation sites (tertiary alicyclic amines) is 1. The third kappa shape index (κ3) is 3.70. The fraction of sp³-hybridized carbons (Fsp3) is 0.643.